The molecule has 1 aromatic carbocycles. The van der Waals surface area contributed by atoms with E-state index in [0.29, 0.717) is 29.6 Å². The maximum absolute atomic E-state index is 14.2. The quantitative estimate of drug-likeness (QED) is 0.853. The van der Waals surface area contributed by atoms with E-state index in [1.54, 1.807) is 6.07 Å². The highest BCUT2D eigenvalue weighted by molar-refractivity contribution is 7.80. The second-order valence-electron chi connectivity index (χ2n) is 5.26. The summed E-state index contributed by atoms with van der Waals surface area (Å²) in [7, 11) is 0. The molecule has 1 aliphatic rings. The fourth-order valence-corrected chi connectivity index (χ4v) is 2.88. The van der Waals surface area contributed by atoms with Crippen LogP contribution in [0.1, 0.15) is 31.4 Å². The number of hydrogen-bond acceptors (Lipinski definition) is 2. The van der Waals surface area contributed by atoms with Gasteiger partial charge in [-0.1, -0.05) is 31.3 Å². The fraction of sp³-hybridized carbons (Fsp3) is 0.500. The molecule has 0 bridgehead atoms. The van der Waals surface area contributed by atoms with Gasteiger partial charge in [0.1, 0.15) is 10.8 Å². The van der Waals surface area contributed by atoms with Gasteiger partial charge < -0.3 is 5.73 Å². The topological polar surface area (TPSA) is 29.3 Å². The van der Waals surface area contributed by atoms with Crippen LogP contribution in [0.15, 0.2) is 18.2 Å². The Morgan fingerprint density at radius 2 is 2.22 bits per heavy atom. The minimum atomic E-state index is -0.267. The van der Waals surface area contributed by atoms with E-state index in [0.717, 1.165) is 6.54 Å². The molecule has 2 N–H and O–H groups in total. The van der Waals surface area contributed by atoms with Crippen LogP contribution in [-0.4, -0.2) is 22.5 Å². The van der Waals surface area contributed by atoms with E-state index in [-0.39, 0.29) is 10.8 Å². The molecule has 2 nitrogen and oxygen atoms in total. The molecular formula is C14H19FN2S. The summed E-state index contributed by atoms with van der Waals surface area (Å²) in [5.41, 5.74) is 6.55. The summed E-state index contributed by atoms with van der Waals surface area (Å²) in [6.45, 7) is 6.09. The molecule has 0 aromatic heterocycles. The van der Waals surface area contributed by atoms with E-state index < -0.39 is 0 Å². The highest BCUT2D eigenvalue weighted by Gasteiger charge is 2.26. The van der Waals surface area contributed by atoms with Crippen LogP contribution in [0.2, 0.25) is 0 Å². The lowest BCUT2D eigenvalue weighted by Crippen LogP contribution is -2.27. The molecule has 2 atom stereocenters. The van der Waals surface area contributed by atoms with E-state index >= 15 is 0 Å². The Morgan fingerprint density at radius 3 is 2.78 bits per heavy atom. The van der Waals surface area contributed by atoms with Gasteiger partial charge in [-0.05, 0) is 25.3 Å². The number of halogens is 1. The van der Waals surface area contributed by atoms with Gasteiger partial charge in [-0.3, -0.25) is 4.90 Å². The molecule has 1 aliphatic heterocycles. The summed E-state index contributed by atoms with van der Waals surface area (Å²) in [6.07, 6.45) is 1.18. The molecule has 0 spiro atoms. The molecule has 98 valence electrons. The molecule has 0 aliphatic carbocycles. The smallest absolute Gasteiger partial charge is 0.137 e. The van der Waals surface area contributed by atoms with E-state index in [2.05, 4.69) is 18.7 Å². The van der Waals surface area contributed by atoms with Crippen molar-refractivity contribution in [3.8, 4) is 0 Å². The Kier molecular flexibility index (Phi) is 3.97. The van der Waals surface area contributed by atoms with Crippen LogP contribution >= 0.6 is 12.2 Å². The number of benzene rings is 1. The van der Waals surface area contributed by atoms with Crippen LogP contribution < -0.4 is 5.73 Å². The average Bonchev–Trinajstić information content (AvgIpc) is 2.60. The van der Waals surface area contributed by atoms with Gasteiger partial charge in [0.2, 0.25) is 0 Å². The lowest BCUT2D eigenvalue weighted by molar-refractivity contribution is 0.253. The molecule has 1 aromatic rings. The van der Waals surface area contributed by atoms with Crippen molar-refractivity contribution in [1.29, 1.82) is 0 Å². The molecule has 0 radical (unpaired) electrons. The zero-order chi connectivity index (χ0) is 13.3. The molecular weight excluding hydrogens is 247 g/mol. The van der Waals surface area contributed by atoms with Crippen molar-refractivity contribution in [3.63, 3.8) is 0 Å². The summed E-state index contributed by atoms with van der Waals surface area (Å²) >= 11 is 4.86. The van der Waals surface area contributed by atoms with Gasteiger partial charge >= 0.3 is 0 Å². The van der Waals surface area contributed by atoms with Gasteiger partial charge in [0.15, 0.2) is 0 Å². The molecule has 1 heterocycles. The molecule has 0 amide bonds. The third-order valence-electron chi connectivity index (χ3n) is 3.63. The first-order valence-corrected chi connectivity index (χ1v) is 6.71. The Hall–Kier alpha value is -1.00. The van der Waals surface area contributed by atoms with Crippen LogP contribution in [0.3, 0.4) is 0 Å². The van der Waals surface area contributed by atoms with Gasteiger partial charge in [-0.2, -0.15) is 0 Å². The first-order chi connectivity index (χ1) is 8.49. The molecule has 18 heavy (non-hydrogen) atoms. The van der Waals surface area contributed by atoms with Crippen molar-refractivity contribution in [2.75, 3.05) is 6.54 Å². The zero-order valence-corrected chi connectivity index (χ0v) is 11.6. The largest absolute Gasteiger partial charge is 0.389 e. The van der Waals surface area contributed by atoms with Crippen LogP contribution in [0.5, 0.6) is 0 Å². The molecule has 2 rings (SSSR count). The van der Waals surface area contributed by atoms with Crippen molar-refractivity contribution in [2.24, 2.45) is 11.7 Å². The zero-order valence-electron chi connectivity index (χ0n) is 10.8. The summed E-state index contributed by atoms with van der Waals surface area (Å²) in [6, 6.07) is 5.77. The number of rotatable bonds is 3. The van der Waals surface area contributed by atoms with Gasteiger partial charge in [0.05, 0.1) is 0 Å². The summed E-state index contributed by atoms with van der Waals surface area (Å²) in [5, 5.41) is 0. The third-order valence-corrected chi connectivity index (χ3v) is 3.85. The minimum Gasteiger partial charge on any atom is -0.389 e. The molecule has 2 unspecified atom stereocenters. The number of thiocarbonyl (C=S) groups is 1. The van der Waals surface area contributed by atoms with Crippen LogP contribution in [0, 0.1) is 11.7 Å². The molecule has 1 fully saturated rings. The fourth-order valence-electron chi connectivity index (χ4n) is 2.72. The standard InChI is InChI=1S/C14H19FN2S/c1-9-6-10(2)17(7-9)8-11-4-3-5-12(13(11)15)14(16)18/h3-5,9-10H,6-8H2,1-2H3,(H2,16,18). The first-order valence-electron chi connectivity index (χ1n) is 6.30. The third kappa shape index (κ3) is 2.70. The highest BCUT2D eigenvalue weighted by Crippen LogP contribution is 2.25. The number of hydrogen-bond donors (Lipinski definition) is 1. The van der Waals surface area contributed by atoms with Gasteiger partial charge in [0, 0.05) is 30.3 Å². The summed E-state index contributed by atoms with van der Waals surface area (Å²) in [5.74, 6) is 0.415. The summed E-state index contributed by atoms with van der Waals surface area (Å²) in [4.78, 5) is 2.43. The SMILES string of the molecule is CC1CC(C)N(Cc2cccc(C(N)=S)c2F)C1. The summed E-state index contributed by atoms with van der Waals surface area (Å²) < 4.78 is 14.2. The molecule has 4 heteroatoms. The van der Waals surface area contributed by atoms with Gasteiger partial charge in [-0.25, -0.2) is 4.39 Å². The Bertz CT molecular complexity index is 461. The van der Waals surface area contributed by atoms with Gasteiger partial charge in [-0.15, -0.1) is 0 Å². The second kappa shape index (κ2) is 5.33. The maximum atomic E-state index is 14.2. The van der Waals surface area contributed by atoms with Crippen LogP contribution in [0.25, 0.3) is 0 Å². The molecule has 0 saturated carbocycles. The minimum absolute atomic E-state index is 0.122. The van der Waals surface area contributed by atoms with Crippen molar-refractivity contribution in [1.82, 2.24) is 4.90 Å². The Labute approximate surface area is 113 Å². The van der Waals surface area contributed by atoms with Crippen LogP contribution in [-0.2, 0) is 6.54 Å². The number of nitrogens with two attached hydrogens (primary N) is 1. The van der Waals surface area contributed by atoms with E-state index in [4.69, 9.17) is 18.0 Å². The van der Waals surface area contributed by atoms with Crippen molar-refractivity contribution in [3.05, 3.63) is 35.1 Å². The maximum Gasteiger partial charge on any atom is 0.137 e. The van der Waals surface area contributed by atoms with E-state index in [9.17, 15) is 4.39 Å². The van der Waals surface area contributed by atoms with E-state index in [1.807, 2.05) is 12.1 Å². The number of nitrogens with zero attached hydrogens (tertiary/aromatic N) is 1. The Balaban J connectivity index is 2.19. The number of likely N-dealkylation sites (tertiary alicyclic amines) is 1. The first kappa shape index (κ1) is 13.4. The van der Waals surface area contributed by atoms with Crippen molar-refractivity contribution < 1.29 is 4.39 Å². The van der Waals surface area contributed by atoms with E-state index in [1.165, 1.54) is 6.42 Å². The van der Waals surface area contributed by atoms with Crippen LogP contribution in [0.4, 0.5) is 4.39 Å². The average molecular weight is 266 g/mol. The highest BCUT2D eigenvalue weighted by atomic mass is 32.1. The van der Waals surface area contributed by atoms with Crippen molar-refractivity contribution >= 4 is 17.2 Å². The molecule has 1 saturated heterocycles. The lowest BCUT2D eigenvalue weighted by Gasteiger charge is -2.21. The van der Waals surface area contributed by atoms with Crippen molar-refractivity contribution in [2.45, 2.75) is 32.9 Å². The second-order valence-corrected chi connectivity index (χ2v) is 5.70. The Morgan fingerprint density at radius 1 is 1.50 bits per heavy atom. The van der Waals surface area contributed by atoms with Gasteiger partial charge in [0.25, 0.3) is 0 Å². The predicted octanol–water partition coefficient (Wildman–Crippen LogP) is 2.69. The normalized spacial score (nSPS) is 24.4. The lowest BCUT2D eigenvalue weighted by atomic mass is 10.1. The monoisotopic (exact) mass is 266 g/mol. The predicted molar refractivity (Wildman–Crippen MR) is 75.9 cm³/mol.